The van der Waals surface area contributed by atoms with E-state index < -0.39 is 0 Å². The summed E-state index contributed by atoms with van der Waals surface area (Å²) in [6.07, 6.45) is 8.03. The second kappa shape index (κ2) is 9.93. The molecule has 34 heavy (non-hydrogen) atoms. The maximum atomic E-state index is 13.8. The van der Waals surface area contributed by atoms with Crippen LogP contribution >= 0.6 is 0 Å². The molecule has 0 N–H and O–H groups in total. The van der Waals surface area contributed by atoms with E-state index in [0.717, 1.165) is 27.6 Å². The zero-order valence-electron chi connectivity index (χ0n) is 18.6. The average molecular weight is 438 g/mol. The number of carbonyl (C=O) groups is 1. The Hall–Kier alpha value is -4.56. The zero-order valence-corrected chi connectivity index (χ0v) is 18.6. The van der Waals surface area contributed by atoms with Crippen molar-refractivity contribution in [2.24, 2.45) is 0 Å². The van der Waals surface area contributed by atoms with E-state index >= 15 is 0 Å². The van der Waals surface area contributed by atoms with Crippen LogP contribution in [0.4, 0.5) is 0 Å². The fourth-order valence-electron chi connectivity index (χ4n) is 4.01. The molecule has 1 heterocycles. The van der Waals surface area contributed by atoms with Crippen LogP contribution in [0.3, 0.4) is 0 Å². The Labute approximate surface area is 199 Å². The molecule has 0 aliphatic heterocycles. The maximum absolute atomic E-state index is 13.8. The molecule has 1 aromatic heterocycles. The van der Waals surface area contributed by atoms with Crippen LogP contribution < -0.4 is 0 Å². The van der Waals surface area contributed by atoms with E-state index in [-0.39, 0.29) is 5.78 Å². The third-order valence-electron chi connectivity index (χ3n) is 5.70. The van der Waals surface area contributed by atoms with E-state index in [2.05, 4.69) is 12.1 Å². The van der Waals surface area contributed by atoms with Crippen molar-refractivity contribution in [3.63, 3.8) is 0 Å². The first-order valence-electron chi connectivity index (χ1n) is 11.3. The quantitative estimate of drug-likeness (QED) is 0.254. The molecule has 0 spiro atoms. The van der Waals surface area contributed by atoms with Crippen molar-refractivity contribution in [3.8, 4) is 0 Å². The van der Waals surface area contributed by atoms with E-state index in [4.69, 9.17) is 4.98 Å². The number of carbonyl (C=O) groups excluding carboxylic acids is 1. The van der Waals surface area contributed by atoms with Gasteiger partial charge in [0.1, 0.15) is 0 Å². The van der Waals surface area contributed by atoms with E-state index in [0.29, 0.717) is 16.8 Å². The summed E-state index contributed by atoms with van der Waals surface area (Å²) in [5, 5.41) is 0.950. The monoisotopic (exact) mass is 437 g/mol. The molecule has 0 aliphatic carbocycles. The number of pyridine rings is 1. The second-order valence-electron chi connectivity index (χ2n) is 7.99. The summed E-state index contributed by atoms with van der Waals surface area (Å²) >= 11 is 0. The lowest BCUT2D eigenvalue weighted by Gasteiger charge is -2.13. The van der Waals surface area contributed by atoms with Crippen molar-refractivity contribution in [2.75, 3.05) is 0 Å². The van der Waals surface area contributed by atoms with Gasteiger partial charge in [-0.05, 0) is 28.8 Å². The van der Waals surface area contributed by atoms with Crippen LogP contribution in [0.15, 0.2) is 115 Å². The van der Waals surface area contributed by atoms with Gasteiger partial charge in [-0.1, -0.05) is 127 Å². The van der Waals surface area contributed by atoms with Crippen LogP contribution in [0.5, 0.6) is 0 Å². The highest BCUT2D eigenvalue weighted by molar-refractivity contribution is 6.16. The van der Waals surface area contributed by atoms with Crippen molar-refractivity contribution >= 4 is 41.0 Å². The number of rotatable bonds is 6. The van der Waals surface area contributed by atoms with Crippen molar-refractivity contribution in [1.29, 1.82) is 0 Å². The largest absolute Gasteiger partial charge is 0.289 e. The molecule has 0 saturated carbocycles. The van der Waals surface area contributed by atoms with Crippen LogP contribution in [0.1, 0.15) is 38.3 Å². The van der Waals surface area contributed by atoms with Gasteiger partial charge in [0.2, 0.25) is 0 Å². The molecule has 5 aromatic rings. The van der Waals surface area contributed by atoms with Crippen LogP contribution in [-0.2, 0) is 0 Å². The first-order valence-corrected chi connectivity index (χ1v) is 11.3. The summed E-state index contributed by atoms with van der Waals surface area (Å²) in [6, 6.07) is 37.6. The van der Waals surface area contributed by atoms with E-state index in [1.165, 1.54) is 0 Å². The Bertz CT molecular complexity index is 1480. The summed E-state index contributed by atoms with van der Waals surface area (Å²) in [6.45, 7) is 0. The second-order valence-corrected chi connectivity index (χ2v) is 7.99. The summed E-state index contributed by atoms with van der Waals surface area (Å²) in [7, 11) is 0. The van der Waals surface area contributed by atoms with Crippen molar-refractivity contribution in [3.05, 3.63) is 149 Å². The Balaban J connectivity index is 1.75. The lowest BCUT2D eigenvalue weighted by atomic mass is 9.92. The Morgan fingerprint density at radius 2 is 1.09 bits per heavy atom. The summed E-state index contributed by atoms with van der Waals surface area (Å²) in [5.74, 6) is -0.0423. The van der Waals surface area contributed by atoms with E-state index in [9.17, 15) is 4.79 Å². The Morgan fingerprint density at radius 3 is 1.74 bits per heavy atom. The first kappa shape index (κ1) is 21.3. The molecule has 0 bridgehead atoms. The Kier molecular flexibility index (Phi) is 6.22. The molecule has 4 aromatic carbocycles. The van der Waals surface area contributed by atoms with Gasteiger partial charge < -0.3 is 0 Å². The lowest BCUT2D eigenvalue weighted by Crippen LogP contribution is -2.08. The molecule has 0 radical (unpaired) electrons. The van der Waals surface area contributed by atoms with Crippen molar-refractivity contribution in [1.82, 2.24) is 4.98 Å². The van der Waals surface area contributed by atoms with Gasteiger partial charge in [-0.15, -0.1) is 0 Å². The molecule has 0 amide bonds. The number of ketones is 1. The standard InChI is InChI=1S/C32H23NO/c34-32(26-16-8-3-9-17-26)31-28(22-20-24-12-4-1-5-13-24)27-18-10-11-19-29(27)33-30(31)23-21-25-14-6-2-7-15-25/h1-23H/b22-20+,23-21+. The Morgan fingerprint density at radius 1 is 0.559 bits per heavy atom. The normalized spacial score (nSPS) is 11.4. The number of aromatic nitrogens is 1. The summed E-state index contributed by atoms with van der Waals surface area (Å²) in [4.78, 5) is 18.8. The first-order chi connectivity index (χ1) is 16.8. The van der Waals surface area contributed by atoms with Gasteiger partial charge in [0.25, 0.3) is 0 Å². The van der Waals surface area contributed by atoms with E-state index in [1.807, 2.05) is 127 Å². The lowest BCUT2D eigenvalue weighted by molar-refractivity contribution is 0.103. The maximum Gasteiger partial charge on any atom is 0.195 e. The summed E-state index contributed by atoms with van der Waals surface area (Å²) in [5.41, 5.74) is 5.75. The molecule has 0 saturated heterocycles. The molecule has 2 nitrogen and oxygen atoms in total. The SMILES string of the molecule is O=C(c1ccccc1)c1c(/C=C/c2ccccc2)nc2ccccc2c1/C=C/c1ccccc1. The number of para-hydroxylation sites is 1. The molecular formula is C32H23NO. The number of nitrogens with zero attached hydrogens (tertiary/aromatic N) is 1. The predicted octanol–water partition coefficient (Wildman–Crippen LogP) is 7.81. The van der Waals surface area contributed by atoms with Gasteiger partial charge in [0, 0.05) is 10.9 Å². The molecular weight excluding hydrogens is 414 g/mol. The van der Waals surface area contributed by atoms with Gasteiger partial charge in [-0.3, -0.25) is 4.79 Å². The van der Waals surface area contributed by atoms with Crippen LogP contribution in [0.25, 0.3) is 35.2 Å². The van der Waals surface area contributed by atoms with Gasteiger partial charge >= 0.3 is 0 Å². The minimum absolute atomic E-state index is 0.0423. The number of hydrogen-bond donors (Lipinski definition) is 0. The number of benzene rings is 4. The van der Waals surface area contributed by atoms with Gasteiger partial charge in [-0.2, -0.15) is 0 Å². The zero-order chi connectivity index (χ0) is 23.2. The third kappa shape index (κ3) is 4.62. The molecule has 0 unspecified atom stereocenters. The molecule has 0 fully saturated rings. The van der Waals surface area contributed by atoms with Crippen molar-refractivity contribution in [2.45, 2.75) is 0 Å². The van der Waals surface area contributed by atoms with Gasteiger partial charge in [0.05, 0.1) is 16.8 Å². The van der Waals surface area contributed by atoms with Gasteiger partial charge in [0.15, 0.2) is 5.78 Å². The molecule has 0 atom stereocenters. The van der Waals surface area contributed by atoms with Crippen molar-refractivity contribution < 1.29 is 4.79 Å². The van der Waals surface area contributed by atoms with Gasteiger partial charge in [-0.25, -0.2) is 4.98 Å². The van der Waals surface area contributed by atoms with Crippen LogP contribution in [-0.4, -0.2) is 10.8 Å². The number of hydrogen-bond acceptors (Lipinski definition) is 2. The minimum Gasteiger partial charge on any atom is -0.289 e. The topological polar surface area (TPSA) is 30.0 Å². The van der Waals surface area contributed by atoms with E-state index in [1.54, 1.807) is 0 Å². The van der Waals surface area contributed by atoms with Crippen LogP contribution in [0.2, 0.25) is 0 Å². The highest BCUT2D eigenvalue weighted by Gasteiger charge is 2.20. The summed E-state index contributed by atoms with van der Waals surface area (Å²) < 4.78 is 0. The predicted molar refractivity (Wildman–Crippen MR) is 142 cm³/mol. The average Bonchev–Trinajstić information content (AvgIpc) is 2.91. The molecule has 162 valence electrons. The minimum atomic E-state index is -0.0423. The highest BCUT2D eigenvalue weighted by atomic mass is 16.1. The highest BCUT2D eigenvalue weighted by Crippen LogP contribution is 2.29. The molecule has 2 heteroatoms. The third-order valence-corrected chi connectivity index (χ3v) is 5.70. The fraction of sp³-hybridized carbons (Fsp3) is 0. The molecule has 5 rings (SSSR count). The smallest absolute Gasteiger partial charge is 0.195 e. The number of fused-ring (bicyclic) bond motifs is 1. The molecule has 0 aliphatic rings. The fourth-order valence-corrected chi connectivity index (χ4v) is 4.01. The van der Waals surface area contributed by atoms with Crippen LogP contribution in [0, 0.1) is 0 Å².